The SMILES string of the molecule is [H-].[Mg+2].[c-]1ccccc1. The maximum Gasteiger partial charge on any atom is 2.00 e. The molecular weight excluding hydrogens is 96.4 g/mol. The summed E-state index contributed by atoms with van der Waals surface area (Å²) in [5.74, 6) is 0. The summed E-state index contributed by atoms with van der Waals surface area (Å²) >= 11 is 0. The molecule has 7 heavy (non-hydrogen) atoms. The van der Waals surface area contributed by atoms with Crippen LogP contribution in [0.5, 0.6) is 0 Å². The molecule has 0 bridgehead atoms. The summed E-state index contributed by atoms with van der Waals surface area (Å²) in [6.07, 6.45) is 0. The first kappa shape index (κ1) is 6.99. The summed E-state index contributed by atoms with van der Waals surface area (Å²) in [4.78, 5) is 0. The van der Waals surface area contributed by atoms with Gasteiger partial charge in [-0.2, -0.15) is 36.4 Å². The summed E-state index contributed by atoms with van der Waals surface area (Å²) in [6.45, 7) is 0. The molecule has 0 atom stereocenters. The first-order valence-electron chi connectivity index (χ1n) is 1.91. The van der Waals surface area contributed by atoms with E-state index in [2.05, 4.69) is 6.07 Å². The van der Waals surface area contributed by atoms with Gasteiger partial charge >= 0.3 is 23.1 Å². The van der Waals surface area contributed by atoms with Crippen molar-refractivity contribution < 1.29 is 1.43 Å². The molecule has 0 N–H and O–H groups in total. The molecule has 0 unspecified atom stereocenters. The molecule has 0 nitrogen and oxygen atoms in total. The zero-order valence-electron chi connectivity index (χ0n) is 5.09. The van der Waals surface area contributed by atoms with E-state index in [-0.39, 0.29) is 24.5 Å². The molecule has 0 radical (unpaired) electrons. The molecule has 1 heteroatoms. The molecule has 0 heterocycles. The molecule has 0 aromatic heterocycles. The maximum atomic E-state index is 2.89. The van der Waals surface area contributed by atoms with Crippen LogP contribution in [0.25, 0.3) is 0 Å². The van der Waals surface area contributed by atoms with Crippen molar-refractivity contribution in [3.8, 4) is 0 Å². The molecule has 0 aliphatic heterocycles. The fraction of sp³-hybridized carbons (Fsp3) is 0. The Labute approximate surface area is 61.2 Å². The van der Waals surface area contributed by atoms with Crippen molar-refractivity contribution in [1.82, 2.24) is 0 Å². The number of rotatable bonds is 0. The smallest absolute Gasteiger partial charge is 1.00 e. The second-order valence-electron chi connectivity index (χ2n) is 1.08. The molecule has 1 rings (SSSR count). The van der Waals surface area contributed by atoms with Gasteiger partial charge in [0.25, 0.3) is 0 Å². The Morgan fingerprint density at radius 1 is 1.00 bits per heavy atom. The topological polar surface area (TPSA) is 0 Å². The van der Waals surface area contributed by atoms with Gasteiger partial charge in [0, 0.05) is 0 Å². The summed E-state index contributed by atoms with van der Waals surface area (Å²) in [7, 11) is 0. The fourth-order valence-corrected chi connectivity index (χ4v) is 0.342. The van der Waals surface area contributed by atoms with Gasteiger partial charge in [-0.15, -0.1) is 0 Å². The Balaban J connectivity index is 0. The maximum absolute atomic E-state index is 2.89. The Morgan fingerprint density at radius 2 is 1.57 bits per heavy atom. The van der Waals surface area contributed by atoms with Crippen molar-refractivity contribution in [1.29, 1.82) is 0 Å². The van der Waals surface area contributed by atoms with E-state index in [1.54, 1.807) is 0 Å². The third-order valence-electron chi connectivity index (χ3n) is 0.607. The summed E-state index contributed by atoms with van der Waals surface area (Å²) in [5.41, 5.74) is 0. The van der Waals surface area contributed by atoms with Crippen LogP contribution in [0, 0.1) is 6.07 Å². The van der Waals surface area contributed by atoms with Crippen molar-refractivity contribution in [3.63, 3.8) is 0 Å². The van der Waals surface area contributed by atoms with Gasteiger partial charge in [-0.1, -0.05) is 0 Å². The molecule has 0 spiro atoms. The second-order valence-corrected chi connectivity index (χ2v) is 1.08. The third-order valence-corrected chi connectivity index (χ3v) is 0.607. The molecule has 0 saturated carbocycles. The van der Waals surface area contributed by atoms with E-state index in [9.17, 15) is 0 Å². The van der Waals surface area contributed by atoms with Crippen molar-refractivity contribution in [3.05, 3.63) is 36.4 Å². The molecule has 1 aromatic rings. The van der Waals surface area contributed by atoms with Gasteiger partial charge in [0.15, 0.2) is 0 Å². The minimum absolute atomic E-state index is 0. The van der Waals surface area contributed by atoms with E-state index in [1.807, 2.05) is 30.3 Å². The third kappa shape index (κ3) is 2.65. The largest absolute Gasteiger partial charge is 2.00 e. The predicted octanol–water partition coefficient (Wildman–Crippen LogP) is 1.22. The van der Waals surface area contributed by atoms with Gasteiger partial charge in [-0.3, -0.25) is 0 Å². The average molecular weight is 102 g/mol. The van der Waals surface area contributed by atoms with Crippen LogP contribution in [0.1, 0.15) is 1.43 Å². The molecule has 0 aliphatic carbocycles. The van der Waals surface area contributed by atoms with Crippen LogP contribution >= 0.6 is 0 Å². The van der Waals surface area contributed by atoms with Crippen LogP contribution in [-0.4, -0.2) is 23.1 Å². The van der Waals surface area contributed by atoms with Crippen LogP contribution in [0.4, 0.5) is 0 Å². The van der Waals surface area contributed by atoms with Crippen molar-refractivity contribution in [2.45, 2.75) is 0 Å². The van der Waals surface area contributed by atoms with E-state index in [0.717, 1.165) is 0 Å². The van der Waals surface area contributed by atoms with Crippen LogP contribution < -0.4 is 0 Å². The summed E-state index contributed by atoms with van der Waals surface area (Å²) < 4.78 is 0. The second kappa shape index (κ2) is 4.15. The number of benzene rings is 1. The zero-order valence-corrected chi connectivity index (χ0v) is 5.51. The Morgan fingerprint density at radius 3 is 1.71 bits per heavy atom. The number of hydrogen-bond acceptors (Lipinski definition) is 0. The molecule has 0 amide bonds. The first-order chi connectivity index (χ1) is 3.00. The van der Waals surface area contributed by atoms with Gasteiger partial charge in [0.1, 0.15) is 0 Å². The van der Waals surface area contributed by atoms with Crippen LogP contribution in [0.2, 0.25) is 0 Å². The van der Waals surface area contributed by atoms with Crippen molar-refractivity contribution >= 4 is 23.1 Å². The normalized spacial score (nSPS) is 6.86. The molecule has 1 aromatic carbocycles. The molecular formula is C6H6Mg. The van der Waals surface area contributed by atoms with E-state index in [0.29, 0.717) is 0 Å². The summed E-state index contributed by atoms with van der Waals surface area (Å²) in [6, 6.07) is 12.5. The van der Waals surface area contributed by atoms with Gasteiger partial charge in [0.2, 0.25) is 0 Å². The number of hydrogen-bond donors (Lipinski definition) is 0. The van der Waals surface area contributed by atoms with Gasteiger partial charge in [-0.05, 0) is 0 Å². The van der Waals surface area contributed by atoms with Crippen molar-refractivity contribution in [2.75, 3.05) is 0 Å². The van der Waals surface area contributed by atoms with E-state index in [1.165, 1.54) is 0 Å². The fourth-order valence-electron chi connectivity index (χ4n) is 0.342. The van der Waals surface area contributed by atoms with Gasteiger partial charge < -0.3 is 1.43 Å². The summed E-state index contributed by atoms with van der Waals surface area (Å²) in [5, 5.41) is 0. The zero-order chi connectivity index (χ0) is 4.24. The van der Waals surface area contributed by atoms with E-state index in [4.69, 9.17) is 0 Å². The minimum Gasteiger partial charge on any atom is -1.00 e. The van der Waals surface area contributed by atoms with Crippen LogP contribution in [-0.2, 0) is 0 Å². The standard InChI is InChI=1S/C6H5.Mg.H/c1-2-4-6-5-3-1;;/h1-5H;;/q-1;+2;-1. The minimum atomic E-state index is 0. The van der Waals surface area contributed by atoms with Crippen LogP contribution in [0.3, 0.4) is 0 Å². The van der Waals surface area contributed by atoms with Gasteiger partial charge in [-0.25, -0.2) is 0 Å². The molecule has 32 valence electrons. The van der Waals surface area contributed by atoms with Gasteiger partial charge in [0.05, 0.1) is 0 Å². The quantitative estimate of drug-likeness (QED) is 0.341. The Hall–Kier alpha value is -0.0138. The van der Waals surface area contributed by atoms with Crippen LogP contribution in [0.15, 0.2) is 30.3 Å². The molecule has 0 saturated heterocycles. The predicted molar refractivity (Wildman–Crippen MR) is 32.1 cm³/mol. The monoisotopic (exact) mass is 102 g/mol. The van der Waals surface area contributed by atoms with E-state index < -0.39 is 0 Å². The Kier molecular flexibility index (Phi) is 4.15. The van der Waals surface area contributed by atoms with E-state index >= 15 is 0 Å². The molecule has 0 aliphatic rings. The van der Waals surface area contributed by atoms with Crippen molar-refractivity contribution in [2.24, 2.45) is 0 Å². The Bertz CT molecular complexity index is 80.5. The molecule has 0 fully saturated rings. The average Bonchev–Trinajstić information content (AvgIpc) is 1.72. The first-order valence-corrected chi connectivity index (χ1v) is 1.91.